The summed E-state index contributed by atoms with van der Waals surface area (Å²) in [5, 5.41) is 0. The van der Waals surface area contributed by atoms with Crippen molar-refractivity contribution in [3.8, 4) is 34.0 Å². The average molecular weight is 447 g/mol. The normalized spacial score (nSPS) is 11.8. The van der Waals surface area contributed by atoms with Gasteiger partial charge in [-0.2, -0.15) is 0 Å². The highest BCUT2D eigenvalue weighted by Crippen LogP contribution is 2.24. The molecule has 3 aromatic rings. The molecule has 0 bridgehead atoms. The van der Waals surface area contributed by atoms with Gasteiger partial charge in [0, 0.05) is 23.5 Å². The van der Waals surface area contributed by atoms with E-state index in [0.29, 0.717) is 11.7 Å². The SMILES string of the molecule is CCCCCCCCOc1ccc(-c2cnc(-c3ccc(OCC(C)CC)cc3)nc2)cc1. The van der Waals surface area contributed by atoms with Gasteiger partial charge in [-0.15, -0.1) is 0 Å². The van der Waals surface area contributed by atoms with Gasteiger partial charge in [-0.25, -0.2) is 9.97 Å². The lowest BCUT2D eigenvalue weighted by atomic mass is 10.1. The first-order valence-electron chi connectivity index (χ1n) is 12.5. The number of unbranched alkanes of at least 4 members (excludes halogenated alkanes) is 5. The van der Waals surface area contributed by atoms with Gasteiger partial charge in [0.2, 0.25) is 0 Å². The molecule has 0 N–H and O–H groups in total. The summed E-state index contributed by atoms with van der Waals surface area (Å²) >= 11 is 0. The molecular formula is C29H38N2O2. The summed E-state index contributed by atoms with van der Waals surface area (Å²) in [4.78, 5) is 9.15. The van der Waals surface area contributed by atoms with Crippen molar-refractivity contribution < 1.29 is 9.47 Å². The van der Waals surface area contributed by atoms with E-state index >= 15 is 0 Å². The molecule has 0 saturated carbocycles. The van der Waals surface area contributed by atoms with E-state index in [-0.39, 0.29) is 0 Å². The average Bonchev–Trinajstić information content (AvgIpc) is 2.87. The second-order valence-electron chi connectivity index (χ2n) is 8.78. The van der Waals surface area contributed by atoms with Gasteiger partial charge < -0.3 is 9.47 Å². The Morgan fingerprint density at radius 2 is 1.24 bits per heavy atom. The van der Waals surface area contributed by atoms with Crippen LogP contribution < -0.4 is 9.47 Å². The second kappa shape index (κ2) is 13.6. The molecule has 0 aliphatic heterocycles. The third-order valence-electron chi connectivity index (χ3n) is 5.95. The number of aromatic nitrogens is 2. The largest absolute Gasteiger partial charge is 0.494 e. The van der Waals surface area contributed by atoms with Crippen LogP contribution in [0.2, 0.25) is 0 Å². The molecular weight excluding hydrogens is 408 g/mol. The summed E-state index contributed by atoms with van der Waals surface area (Å²) in [6.45, 7) is 8.14. The van der Waals surface area contributed by atoms with Crippen LogP contribution >= 0.6 is 0 Å². The van der Waals surface area contributed by atoms with E-state index in [1.165, 1.54) is 32.1 Å². The Kier molecular flexibility index (Phi) is 10.2. The summed E-state index contributed by atoms with van der Waals surface area (Å²) in [7, 11) is 0. The molecule has 176 valence electrons. The number of nitrogens with zero attached hydrogens (tertiary/aromatic N) is 2. The molecule has 0 radical (unpaired) electrons. The molecule has 0 spiro atoms. The zero-order valence-corrected chi connectivity index (χ0v) is 20.4. The Morgan fingerprint density at radius 3 is 1.88 bits per heavy atom. The summed E-state index contributed by atoms with van der Waals surface area (Å²) in [6, 6.07) is 16.2. The molecule has 4 nitrogen and oxygen atoms in total. The van der Waals surface area contributed by atoms with E-state index in [2.05, 4.69) is 42.9 Å². The van der Waals surface area contributed by atoms with Crippen LogP contribution in [-0.4, -0.2) is 23.2 Å². The Bertz CT molecular complexity index is 921. The van der Waals surface area contributed by atoms with Crippen LogP contribution in [0.25, 0.3) is 22.5 Å². The van der Waals surface area contributed by atoms with E-state index in [9.17, 15) is 0 Å². The maximum atomic E-state index is 5.89. The molecule has 1 aromatic heterocycles. The Morgan fingerprint density at radius 1 is 0.667 bits per heavy atom. The maximum absolute atomic E-state index is 5.89. The topological polar surface area (TPSA) is 44.2 Å². The molecule has 2 aromatic carbocycles. The first kappa shape index (κ1) is 24.8. The summed E-state index contributed by atoms with van der Waals surface area (Å²) in [6.07, 6.45) is 12.5. The summed E-state index contributed by atoms with van der Waals surface area (Å²) < 4.78 is 11.7. The molecule has 4 heteroatoms. The van der Waals surface area contributed by atoms with Gasteiger partial charge in [-0.3, -0.25) is 0 Å². The Hall–Kier alpha value is -2.88. The molecule has 3 rings (SSSR count). The maximum Gasteiger partial charge on any atom is 0.159 e. The molecule has 1 atom stereocenters. The van der Waals surface area contributed by atoms with Gasteiger partial charge in [0.15, 0.2) is 5.82 Å². The highest BCUT2D eigenvalue weighted by atomic mass is 16.5. The van der Waals surface area contributed by atoms with Crippen molar-refractivity contribution in [3.05, 3.63) is 60.9 Å². The van der Waals surface area contributed by atoms with Gasteiger partial charge in [0.05, 0.1) is 13.2 Å². The van der Waals surface area contributed by atoms with Gasteiger partial charge in [-0.1, -0.05) is 71.4 Å². The summed E-state index contributed by atoms with van der Waals surface area (Å²) in [5.41, 5.74) is 3.06. The van der Waals surface area contributed by atoms with Crippen LogP contribution in [-0.2, 0) is 0 Å². The minimum absolute atomic E-state index is 0.557. The molecule has 0 aliphatic rings. The van der Waals surface area contributed by atoms with Crippen LogP contribution in [0.15, 0.2) is 60.9 Å². The van der Waals surface area contributed by atoms with Crippen molar-refractivity contribution in [2.75, 3.05) is 13.2 Å². The van der Waals surface area contributed by atoms with E-state index < -0.39 is 0 Å². The zero-order valence-electron chi connectivity index (χ0n) is 20.4. The highest BCUT2D eigenvalue weighted by molar-refractivity contribution is 5.64. The van der Waals surface area contributed by atoms with Crippen LogP contribution in [0.4, 0.5) is 0 Å². The first-order valence-corrected chi connectivity index (χ1v) is 12.5. The zero-order chi connectivity index (χ0) is 23.3. The standard InChI is InChI=1S/C29H38N2O2/c1-4-6-7-8-9-10-19-32-27-15-11-24(12-16-27)26-20-30-29(31-21-26)25-13-17-28(18-14-25)33-22-23(3)5-2/h11-18,20-21,23H,4-10,19,22H2,1-3H3. The van der Waals surface area contributed by atoms with Gasteiger partial charge in [0.1, 0.15) is 11.5 Å². The number of hydrogen-bond donors (Lipinski definition) is 0. The van der Waals surface area contributed by atoms with Crippen LogP contribution in [0.3, 0.4) is 0 Å². The lowest BCUT2D eigenvalue weighted by Crippen LogP contribution is -2.07. The molecule has 1 heterocycles. The van der Waals surface area contributed by atoms with Crippen LogP contribution in [0.5, 0.6) is 11.5 Å². The Labute approximate surface area is 199 Å². The quantitative estimate of drug-likeness (QED) is 0.235. The molecule has 0 saturated heterocycles. The fourth-order valence-electron chi connectivity index (χ4n) is 3.50. The fraction of sp³-hybridized carbons (Fsp3) is 0.448. The number of benzene rings is 2. The fourth-order valence-corrected chi connectivity index (χ4v) is 3.50. The second-order valence-corrected chi connectivity index (χ2v) is 8.78. The minimum Gasteiger partial charge on any atom is -0.494 e. The highest BCUT2D eigenvalue weighted by Gasteiger charge is 2.06. The lowest BCUT2D eigenvalue weighted by molar-refractivity contribution is 0.256. The van der Waals surface area contributed by atoms with Crippen molar-refractivity contribution in [2.24, 2.45) is 5.92 Å². The summed E-state index contributed by atoms with van der Waals surface area (Å²) in [5.74, 6) is 3.07. The van der Waals surface area contributed by atoms with E-state index in [0.717, 1.165) is 54.2 Å². The molecule has 0 aliphatic carbocycles. The monoisotopic (exact) mass is 446 g/mol. The number of hydrogen-bond acceptors (Lipinski definition) is 4. The Balaban J connectivity index is 1.49. The third kappa shape index (κ3) is 8.20. The molecule has 0 amide bonds. The first-order chi connectivity index (χ1) is 16.2. The van der Waals surface area contributed by atoms with Crippen molar-refractivity contribution in [3.63, 3.8) is 0 Å². The predicted octanol–water partition coefficient (Wildman–Crippen LogP) is 7.97. The number of ether oxygens (including phenoxy) is 2. The van der Waals surface area contributed by atoms with Crippen molar-refractivity contribution in [1.82, 2.24) is 9.97 Å². The van der Waals surface area contributed by atoms with Crippen LogP contribution in [0.1, 0.15) is 65.7 Å². The molecule has 1 unspecified atom stereocenters. The van der Waals surface area contributed by atoms with Gasteiger partial charge >= 0.3 is 0 Å². The van der Waals surface area contributed by atoms with Crippen molar-refractivity contribution >= 4 is 0 Å². The van der Waals surface area contributed by atoms with E-state index in [1.54, 1.807) is 0 Å². The predicted molar refractivity (Wildman–Crippen MR) is 137 cm³/mol. The van der Waals surface area contributed by atoms with Crippen molar-refractivity contribution in [2.45, 2.75) is 65.7 Å². The van der Waals surface area contributed by atoms with E-state index in [4.69, 9.17) is 9.47 Å². The lowest BCUT2D eigenvalue weighted by Gasteiger charge is -2.11. The van der Waals surface area contributed by atoms with Gasteiger partial charge in [-0.05, 0) is 54.3 Å². The van der Waals surface area contributed by atoms with Crippen molar-refractivity contribution in [1.29, 1.82) is 0 Å². The van der Waals surface area contributed by atoms with E-state index in [1.807, 2.05) is 48.8 Å². The number of rotatable bonds is 14. The third-order valence-corrected chi connectivity index (χ3v) is 5.95. The van der Waals surface area contributed by atoms with Crippen LogP contribution in [0, 0.1) is 5.92 Å². The van der Waals surface area contributed by atoms with Gasteiger partial charge in [0.25, 0.3) is 0 Å². The molecule has 33 heavy (non-hydrogen) atoms. The smallest absolute Gasteiger partial charge is 0.159 e. The molecule has 0 fully saturated rings. The minimum atomic E-state index is 0.557.